The van der Waals surface area contributed by atoms with Gasteiger partial charge in [0.2, 0.25) is 11.8 Å². The molecule has 236 valence electrons. The molecule has 0 bridgehead atoms. The first kappa shape index (κ1) is 34.0. The van der Waals surface area contributed by atoms with E-state index in [1.807, 2.05) is 82.3 Å². The number of rotatable bonds is 11. The van der Waals surface area contributed by atoms with E-state index in [-0.39, 0.29) is 34.5 Å². The molecule has 0 aliphatic rings. The molecule has 1 unspecified atom stereocenters. The maximum Gasteiger partial charge on any atom is 0.264 e. The van der Waals surface area contributed by atoms with Crippen LogP contribution in [0.3, 0.4) is 0 Å². The summed E-state index contributed by atoms with van der Waals surface area (Å²) >= 11 is 12.7. The standard InChI is InChI=1S/C35H37Cl2N3O4S/c1-25-12-11-15-27(20-25)23-39(32(34(42)38-35(2,3)4)21-26-13-7-5-8-14-26)33(41)24-40(31-19-18-28(36)22-30(31)37)45(43,44)29-16-9-6-10-17-29/h5-20,22,32H,21,23-24H2,1-4H3,(H,38,42). The number of amides is 2. The fraction of sp³-hybridized carbons (Fsp3) is 0.257. The Morgan fingerprint density at radius 3 is 2.04 bits per heavy atom. The number of carbonyl (C=O) groups excluding carboxylic acids is 2. The normalized spacial score (nSPS) is 12.3. The Bertz CT molecular complexity index is 1740. The van der Waals surface area contributed by atoms with Crippen molar-refractivity contribution in [2.24, 2.45) is 0 Å². The van der Waals surface area contributed by atoms with E-state index in [0.717, 1.165) is 21.0 Å². The summed E-state index contributed by atoms with van der Waals surface area (Å²) in [6.07, 6.45) is 0.216. The van der Waals surface area contributed by atoms with Gasteiger partial charge < -0.3 is 10.2 Å². The van der Waals surface area contributed by atoms with Crippen LogP contribution in [-0.4, -0.2) is 43.3 Å². The molecule has 0 saturated carbocycles. The van der Waals surface area contributed by atoms with E-state index in [2.05, 4.69) is 5.32 Å². The maximum atomic E-state index is 14.5. The summed E-state index contributed by atoms with van der Waals surface area (Å²) in [4.78, 5) is 29.9. The Hall–Kier alpha value is -3.85. The monoisotopic (exact) mass is 665 g/mol. The molecule has 0 aromatic heterocycles. The van der Waals surface area contributed by atoms with Gasteiger partial charge in [-0.1, -0.05) is 102 Å². The van der Waals surface area contributed by atoms with Crippen molar-refractivity contribution in [2.45, 2.75) is 57.1 Å². The molecule has 0 aliphatic heterocycles. The van der Waals surface area contributed by atoms with Crippen LogP contribution >= 0.6 is 23.2 Å². The summed E-state index contributed by atoms with van der Waals surface area (Å²) in [5, 5.41) is 3.40. The number of sulfonamides is 1. The molecule has 0 heterocycles. The van der Waals surface area contributed by atoms with Crippen LogP contribution in [0, 0.1) is 6.92 Å². The first-order chi connectivity index (χ1) is 21.2. The molecule has 2 amide bonds. The molecule has 4 aromatic rings. The van der Waals surface area contributed by atoms with Crippen LogP contribution in [0.1, 0.15) is 37.5 Å². The summed E-state index contributed by atoms with van der Waals surface area (Å²) < 4.78 is 29.2. The molecule has 1 N–H and O–H groups in total. The molecular weight excluding hydrogens is 629 g/mol. The molecule has 4 rings (SSSR count). The van der Waals surface area contributed by atoms with Crippen molar-refractivity contribution in [3.8, 4) is 0 Å². The van der Waals surface area contributed by atoms with Crippen LogP contribution in [0.25, 0.3) is 0 Å². The molecule has 0 saturated heterocycles. The third-order valence-corrected chi connectivity index (χ3v) is 9.30. The van der Waals surface area contributed by atoms with Crippen molar-refractivity contribution in [1.82, 2.24) is 10.2 Å². The summed E-state index contributed by atoms with van der Waals surface area (Å²) in [6, 6.07) is 28.3. The van der Waals surface area contributed by atoms with Gasteiger partial charge in [-0.25, -0.2) is 8.42 Å². The smallest absolute Gasteiger partial charge is 0.264 e. The minimum Gasteiger partial charge on any atom is -0.350 e. The number of halogens is 2. The van der Waals surface area contributed by atoms with E-state index in [0.29, 0.717) is 5.02 Å². The number of carbonyl (C=O) groups is 2. The molecule has 45 heavy (non-hydrogen) atoms. The van der Waals surface area contributed by atoms with Gasteiger partial charge >= 0.3 is 0 Å². The second-order valence-electron chi connectivity index (χ2n) is 11.9. The first-order valence-electron chi connectivity index (χ1n) is 14.5. The Morgan fingerprint density at radius 2 is 1.44 bits per heavy atom. The summed E-state index contributed by atoms with van der Waals surface area (Å²) in [5.41, 5.74) is 2.14. The van der Waals surface area contributed by atoms with Crippen molar-refractivity contribution in [3.63, 3.8) is 0 Å². The zero-order valence-corrected chi connectivity index (χ0v) is 28.0. The fourth-order valence-electron chi connectivity index (χ4n) is 4.93. The number of nitrogens with zero attached hydrogens (tertiary/aromatic N) is 2. The van der Waals surface area contributed by atoms with E-state index < -0.39 is 34.1 Å². The lowest BCUT2D eigenvalue weighted by Crippen LogP contribution is -2.56. The highest BCUT2D eigenvalue weighted by Gasteiger charge is 2.36. The van der Waals surface area contributed by atoms with Gasteiger partial charge in [-0.3, -0.25) is 13.9 Å². The van der Waals surface area contributed by atoms with Crippen LogP contribution in [0.2, 0.25) is 10.0 Å². The summed E-state index contributed by atoms with van der Waals surface area (Å²) in [6.45, 7) is 7.01. The number of anilines is 1. The minimum absolute atomic E-state index is 0.0136. The van der Waals surface area contributed by atoms with Gasteiger partial charge in [-0.2, -0.15) is 0 Å². The highest BCUT2D eigenvalue weighted by atomic mass is 35.5. The number of hydrogen-bond donors (Lipinski definition) is 1. The third-order valence-electron chi connectivity index (χ3n) is 6.99. The highest BCUT2D eigenvalue weighted by Crippen LogP contribution is 2.33. The summed E-state index contributed by atoms with van der Waals surface area (Å²) in [5.74, 6) is -0.929. The lowest BCUT2D eigenvalue weighted by molar-refractivity contribution is -0.140. The Kier molecular flexibility index (Phi) is 11.0. The predicted molar refractivity (Wildman–Crippen MR) is 181 cm³/mol. The lowest BCUT2D eigenvalue weighted by atomic mass is 10.0. The number of nitrogens with one attached hydrogen (secondary N) is 1. The predicted octanol–water partition coefficient (Wildman–Crippen LogP) is 7.05. The van der Waals surface area contributed by atoms with Crippen molar-refractivity contribution in [2.75, 3.05) is 10.8 Å². The number of aryl methyl sites for hydroxylation is 1. The van der Waals surface area contributed by atoms with E-state index in [4.69, 9.17) is 23.2 Å². The van der Waals surface area contributed by atoms with Gasteiger partial charge in [-0.05, 0) is 69.2 Å². The molecule has 1 atom stereocenters. The second kappa shape index (κ2) is 14.5. The highest BCUT2D eigenvalue weighted by molar-refractivity contribution is 7.92. The Balaban J connectivity index is 1.84. The van der Waals surface area contributed by atoms with E-state index in [1.165, 1.54) is 35.2 Å². The molecule has 7 nitrogen and oxygen atoms in total. The zero-order valence-electron chi connectivity index (χ0n) is 25.7. The van der Waals surface area contributed by atoms with E-state index >= 15 is 0 Å². The van der Waals surface area contributed by atoms with Crippen LogP contribution in [-0.2, 0) is 32.6 Å². The Morgan fingerprint density at radius 1 is 0.822 bits per heavy atom. The lowest BCUT2D eigenvalue weighted by Gasteiger charge is -2.35. The van der Waals surface area contributed by atoms with Gasteiger partial charge in [0, 0.05) is 23.5 Å². The van der Waals surface area contributed by atoms with Gasteiger partial charge in [0.1, 0.15) is 12.6 Å². The van der Waals surface area contributed by atoms with Crippen LogP contribution in [0.4, 0.5) is 5.69 Å². The molecule has 10 heteroatoms. The van der Waals surface area contributed by atoms with E-state index in [1.54, 1.807) is 18.2 Å². The van der Waals surface area contributed by atoms with Crippen molar-refractivity contribution < 1.29 is 18.0 Å². The van der Waals surface area contributed by atoms with Crippen LogP contribution in [0.15, 0.2) is 108 Å². The maximum absolute atomic E-state index is 14.5. The van der Waals surface area contributed by atoms with Gasteiger partial charge in [0.15, 0.2) is 0 Å². The van der Waals surface area contributed by atoms with Crippen molar-refractivity contribution >= 4 is 50.7 Å². The van der Waals surface area contributed by atoms with Gasteiger partial charge in [-0.15, -0.1) is 0 Å². The quantitative estimate of drug-likeness (QED) is 0.186. The van der Waals surface area contributed by atoms with Crippen molar-refractivity contribution in [1.29, 1.82) is 0 Å². The largest absolute Gasteiger partial charge is 0.350 e. The fourth-order valence-corrected chi connectivity index (χ4v) is 6.95. The zero-order chi connectivity index (χ0) is 32.8. The van der Waals surface area contributed by atoms with Crippen molar-refractivity contribution in [3.05, 3.63) is 130 Å². The second-order valence-corrected chi connectivity index (χ2v) is 14.6. The molecule has 0 fully saturated rings. The molecule has 0 spiro atoms. The van der Waals surface area contributed by atoms with Crippen LogP contribution in [0.5, 0.6) is 0 Å². The molecule has 4 aromatic carbocycles. The topological polar surface area (TPSA) is 86.8 Å². The average molecular weight is 667 g/mol. The molecule has 0 radical (unpaired) electrons. The van der Waals surface area contributed by atoms with E-state index in [9.17, 15) is 18.0 Å². The SMILES string of the molecule is Cc1cccc(CN(C(=O)CN(c2ccc(Cl)cc2Cl)S(=O)(=O)c2ccccc2)C(Cc2ccccc2)C(=O)NC(C)(C)C)c1. The Labute approximate surface area is 275 Å². The third kappa shape index (κ3) is 9.10. The number of benzene rings is 4. The minimum atomic E-state index is -4.27. The number of hydrogen-bond acceptors (Lipinski definition) is 4. The van der Waals surface area contributed by atoms with Gasteiger partial charge in [0.25, 0.3) is 10.0 Å². The first-order valence-corrected chi connectivity index (χ1v) is 16.7. The molecule has 0 aliphatic carbocycles. The van der Waals surface area contributed by atoms with Gasteiger partial charge in [0.05, 0.1) is 15.6 Å². The average Bonchev–Trinajstić information content (AvgIpc) is 2.98. The summed E-state index contributed by atoms with van der Waals surface area (Å²) in [7, 11) is -4.27. The molecular formula is C35H37Cl2N3O4S. The van der Waals surface area contributed by atoms with Crippen LogP contribution < -0.4 is 9.62 Å².